The van der Waals surface area contributed by atoms with Crippen LogP contribution in [0, 0.1) is 0 Å². The molecule has 0 amide bonds. The third-order valence-corrected chi connectivity index (χ3v) is 3.15. The van der Waals surface area contributed by atoms with Gasteiger partial charge in [-0.15, -0.1) is 0 Å². The van der Waals surface area contributed by atoms with Crippen molar-refractivity contribution in [2.75, 3.05) is 0 Å². The summed E-state index contributed by atoms with van der Waals surface area (Å²) in [5.74, 6) is 0.328. The number of hydrogen-bond donors (Lipinski definition) is 1. The van der Waals surface area contributed by atoms with Crippen molar-refractivity contribution in [3.63, 3.8) is 0 Å². The van der Waals surface area contributed by atoms with Gasteiger partial charge >= 0.3 is 0 Å². The molecule has 0 aliphatic heterocycles. The average Bonchev–Trinajstić information content (AvgIpc) is 2.40. The first-order valence-corrected chi connectivity index (χ1v) is 6.07. The molecule has 0 fully saturated rings. The summed E-state index contributed by atoms with van der Waals surface area (Å²) in [7, 11) is 0. The third kappa shape index (κ3) is 2.21. The van der Waals surface area contributed by atoms with Gasteiger partial charge < -0.3 is 5.11 Å². The van der Waals surface area contributed by atoms with Crippen molar-refractivity contribution in [1.82, 2.24) is 0 Å². The number of hydrogen-bond acceptors (Lipinski definition) is 1. The molecule has 0 saturated heterocycles. The van der Waals surface area contributed by atoms with Gasteiger partial charge in [-0.05, 0) is 40.8 Å². The second kappa shape index (κ2) is 4.53. The highest BCUT2D eigenvalue weighted by molar-refractivity contribution is 5.68. The van der Waals surface area contributed by atoms with Crippen LogP contribution in [0.4, 0.5) is 0 Å². The zero-order valence-corrected chi connectivity index (χ0v) is 10.0. The van der Waals surface area contributed by atoms with Crippen molar-refractivity contribution in [1.29, 1.82) is 0 Å². The van der Waals surface area contributed by atoms with E-state index in [1.165, 1.54) is 16.7 Å². The van der Waals surface area contributed by atoms with E-state index >= 15 is 0 Å². The number of benzene rings is 2. The van der Waals surface area contributed by atoms with Gasteiger partial charge in [0.2, 0.25) is 0 Å². The van der Waals surface area contributed by atoms with E-state index in [4.69, 9.17) is 0 Å². The Kier molecular flexibility index (Phi) is 2.73. The minimum Gasteiger partial charge on any atom is -0.508 e. The minimum absolute atomic E-state index is 0.328. The van der Waals surface area contributed by atoms with E-state index in [9.17, 15) is 5.11 Å². The van der Waals surface area contributed by atoms with Crippen LogP contribution in [0.3, 0.4) is 0 Å². The predicted octanol–water partition coefficient (Wildman–Crippen LogP) is 4.05. The molecule has 2 aromatic rings. The Morgan fingerprint density at radius 3 is 2.61 bits per heavy atom. The fraction of sp³-hybridized carbons (Fsp3) is 0.0588. The van der Waals surface area contributed by atoms with Crippen LogP contribution in [-0.2, 0) is 6.42 Å². The molecule has 1 N–H and O–H groups in total. The summed E-state index contributed by atoms with van der Waals surface area (Å²) in [4.78, 5) is 0. The Balaban J connectivity index is 1.93. The topological polar surface area (TPSA) is 20.2 Å². The maximum absolute atomic E-state index is 9.44. The summed E-state index contributed by atoms with van der Waals surface area (Å²) in [6.45, 7) is 0. The van der Waals surface area contributed by atoms with Crippen molar-refractivity contribution < 1.29 is 5.11 Å². The molecular formula is C17H14O. The molecule has 0 saturated carbocycles. The Morgan fingerprint density at radius 2 is 1.78 bits per heavy atom. The molecule has 2 aromatic carbocycles. The zero-order valence-electron chi connectivity index (χ0n) is 10.0. The summed E-state index contributed by atoms with van der Waals surface area (Å²) in [5, 5.41) is 9.44. The highest BCUT2D eigenvalue weighted by atomic mass is 16.3. The highest BCUT2D eigenvalue weighted by Crippen LogP contribution is 2.26. The standard InChI is InChI=1S/C17H14O/c18-17-9-8-15-11-14(6-7-16(15)12-17)10-13-4-2-1-3-5-13/h1-10,12,18H,11H2. The molecule has 0 bridgehead atoms. The fourth-order valence-electron chi connectivity index (χ4n) is 2.24. The molecule has 18 heavy (non-hydrogen) atoms. The number of allylic oxidation sites excluding steroid dienone is 2. The van der Waals surface area contributed by atoms with Gasteiger partial charge in [0, 0.05) is 0 Å². The van der Waals surface area contributed by atoms with Crippen LogP contribution in [0.2, 0.25) is 0 Å². The van der Waals surface area contributed by atoms with Crippen molar-refractivity contribution in [2.45, 2.75) is 6.42 Å². The van der Waals surface area contributed by atoms with Gasteiger partial charge in [-0.2, -0.15) is 0 Å². The van der Waals surface area contributed by atoms with Crippen LogP contribution in [0.15, 0.2) is 60.2 Å². The quantitative estimate of drug-likeness (QED) is 0.789. The van der Waals surface area contributed by atoms with Gasteiger partial charge in [-0.3, -0.25) is 0 Å². The first-order valence-electron chi connectivity index (χ1n) is 6.07. The second-order valence-corrected chi connectivity index (χ2v) is 4.52. The summed E-state index contributed by atoms with van der Waals surface area (Å²) >= 11 is 0. The van der Waals surface area contributed by atoms with Gasteiger partial charge in [-0.25, -0.2) is 0 Å². The molecule has 0 spiro atoms. The van der Waals surface area contributed by atoms with E-state index in [1.807, 2.05) is 30.3 Å². The van der Waals surface area contributed by atoms with E-state index < -0.39 is 0 Å². The molecule has 3 rings (SSSR count). The van der Waals surface area contributed by atoms with Crippen molar-refractivity contribution >= 4 is 12.2 Å². The van der Waals surface area contributed by atoms with Crippen LogP contribution in [0.25, 0.3) is 12.2 Å². The van der Waals surface area contributed by atoms with E-state index in [0.29, 0.717) is 5.75 Å². The highest BCUT2D eigenvalue weighted by Gasteiger charge is 2.08. The Bertz CT molecular complexity index is 621. The summed E-state index contributed by atoms with van der Waals surface area (Å²) < 4.78 is 0. The Morgan fingerprint density at radius 1 is 0.944 bits per heavy atom. The van der Waals surface area contributed by atoms with Crippen LogP contribution >= 0.6 is 0 Å². The van der Waals surface area contributed by atoms with Crippen LogP contribution in [0.5, 0.6) is 5.75 Å². The lowest BCUT2D eigenvalue weighted by atomic mass is 9.92. The molecule has 1 heteroatoms. The summed E-state index contributed by atoms with van der Waals surface area (Å²) in [6.07, 6.45) is 7.30. The number of aromatic hydroxyl groups is 1. The van der Waals surface area contributed by atoms with Crippen molar-refractivity contribution in [3.05, 3.63) is 76.9 Å². The molecule has 1 aliphatic rings. The largest absolute Gasteiger partial charge is 0.508 e. The number of phenols is 1. The smallest absolute Gasteiger partial charge is 0.116 e. The molecule has 0 atom stereocenters. The summed E-state index contributed by atoms with van der Waals surface area (Å²) in [5.41, 5.74) is 4.89. The molecule has 0 heterocycles. The van der Waals surface area contributed by atoms with Gasteiger partial charge in [0.1, 0.15) is 5.75 Å². The number of fused-ring (bicyclic) bond motifs is 1. The lowest BCUT2D eigenvalue weighted by molar-refractivity contribution is 0.475. The van der Waals surface area contributed by atoms with Gasteiger partial charge in [-0.1, -0.05) is 54.6 Å². The van der Waals surface area contributed by atoms with Crippen LogP contribution in [-0.4, -0.2) is 5.11 Å². The molecule has 0 unspecified atom stereocenters. The molecule has 0 radical (unpaired) electrons. The Hall–Kier alpha value is -2.28. The molecule has 1 aliphatic carbocycles. The number of phenolic OH excluding ortho intramolecular Hbond substituents is 1. The first kappa shape index (κ1) is 10.8. The van der Waals surface area contributed by atoms with Crippen LogP contribution in [0.1, 0.15) is 16.7 Å². The van der Waals surface area contributed by atoms with Gasteiger partial charge in [0.15, 0.2) is 0 Å². The third-order valence-electron chi connectivity index (χ3n) is 3.15. The average molecular weight is 234 g/mol. The lowest BCUT2D eigenvalue weighted by Gasteiger charge is -2.13. The minimum atomic E-state index is 0.328. The lowest BCUT2D eigenvalue weighted by Crippen LogP contribution is -1.96. The monoisotopic (exact) mass is 234 g/mol. The predicted molar refractivity (Wildman–Crippen MR) is 75.3 cm³/mol. The number of rotatable bonds is 1. The van der Waals surface area contributed by atoms with E-state index in [0.717, 1.165) is 12.0 Å². The van der Waals surface area contributed by atoms with Crippen molar-refractivity contribution in [3.8, 4) is 5.75 Å². The maximum Gasteiger partial charge on any atom is 0.116 e. The normalized spacial score (nSPS) is 15.7. The zero-order chi connectivity index (χ0) is 12.4. The SMILES string of the molecule is Oc1ccc2c(c1)C=CC(=Cc1ccccc1)C2. The maximum atomic E-state index is 9.44. The second-order valence-electron chi connectivity index (χ2n) is 4.52. The van der Waals surface area contributed by atoms with Crippen molar-refractivity contribution in [2.24, 2.45) is 0 Å². The molecule has 88 valence electrons. The van der Waals surface area contributed by atoms with Gasteiger partial charge in [0.05, 0.1) is 0 Å². The van der Waals surface area contributed by atoms with E-state index in [2.05, 4.69) is 30.4 Å². The van der Waals surface area contributed by atoms with E-state index in [-0.39, 0.29) is 0 Å². The molecule has 1 nitrogen and oxygen atoms in total. The van der Waals surface area contributed by atoms with Crippen LogP contribution < -0.4 is 0 Å². The van der Waals surface area contributed by atoms with E-state index in [1.54, 1.807) is 6.07 Å². The van der Waals surface area contributed by atoms with Gasteiger partial charge in [0.25, 0.3) is 0 Å². The molecular weight excluding hydrogens is 220 g/mol. The Labute approximate surface area is 107 Å². The summed E-state index contributed by atoms with van der Waals surface area (Å²) in [6, 6.07) is 15.9. The fourth-order valence-corrected chi connectivity index (χ4v) is 2.24. The molecule has 0 aromatic heterocycles. The first-order chi connectivity index (χ1) is 8.81.